The van der Waals surface area contributed by atoms with Gasteiger partial charge in [0.05, 0.1) is 27.4 Å². The van der Waals surface area contributed by atoms with Crippen LogP contribution in [0.2, 0.25) is 0 Å². The van der Waals surface area contributed by atoms with Crippen LogP contribution in [-0.2, 0) is 0 Å². The Balaban J connectivity index is 2.08. The number of amides is 1. The lowest BCUT2D eigenvalue weighted by Gasteiger charge is -1.99. The average molecular weight is 352 g/mol. The molecule has 0 aliphatic rings. The van der Waals surface area contributed by atoms with Gasteiger partial charge in [0.2, 0.25) is 0 Å². The summed E-state index contributed by atoms with van der Waals surface area (Å²) in [6.45, 7) is 1.66. The molecule has 1 amide bonds. The molecule has 21 heavy (non-hydrogen) atoms. The molecule has 0 atom stereocenters. The smallest absolute Gasteiger partial charge is 0.284 e. The number of carbonyl (C=O) groups excluding carboxylic acids is 1. The molecule has 1 N–H and O–H groups in total. The molecule has 108 valence electrons. The molecule has 0 spiro atoms. The van der Waals surface area contributed by atoms with Gasteiger partial charge in [-0.1, -0.05) is 6.07 Å². The van der Waals surface area contributed by atoms with Crippen LogP contribution >= 0.6 is 15.9 Å². The maximum Gasteiger partial charge on any atom is 0.284 e. The van der Waals surface area contributed by atoms with E-state index in [1.807, 2.05) is 0 Å². The molecule has 0 unspecified atom stereocenters. The van der Waals surface area contributed by atoms with Crippen molar-refractivity contribution >= 4 is 33.7 Å². The molecule has 2 aromatic rings. The zero-order valence-electron chi connectivity index (χ0n) is 10.9. The molecule has 1 aromatic heterocycles. The number of furan rings is 1. The molecule has 0 aliphatic carbocycles. The third-order valence-electron chi connectivity index (χ3n) is 2.65. The Morgan fingerprint density at radius 1 is 1.48 bits per heavy atom. The lowest BCUT2D eigenvalue weighted by Crippen LogP contribution is -2.17. The van der Waals surface area contributed by atoms with Crippen molar-refractivity contribution in [2.24, 2.45) is 5.10 Å². The number of hydrogen-bond donors (Lipinski definition) is 1. The summed E-state index contributed by atoms with van der Waals surface area (Å²) in [5.41, 5.74) is 3.13. The first kappa shape index (κ1) is 14.9. The standard InChI is InChI=1S/C13H10BrN3O4/c1-8-10(4-5-21-8)13(18)16-15-7-9-2-3-11(14)12(6-9)17(19)20/h2-7H,1H3,(H,16,18)/b15-7-. The van der Waals surface area contributed by atoms with Gasteiger partial charge in [-0.05, 0) is 35.0 Å². The quantitative estimate of drug-likeness (QED) is 0.519. The third-order valence-corrected chi connectivity index (χ3v) is 3.32. The van der Waals surface area contributed by atoms with Crippen LogP contribution in [0.5, 0.6) is 0 Å². The van der Waals surface area contributed by atoms with Crippen LogP contribution in [0.4, 0.5) is 5.69 Å². The van der Waals surface area contributed by atoms with Crippen molar-refractivity contribution in [3.63, 3.8) is 0 Å². The predicted octanol–water partition coefficient (Wildman–Crippen LogP) is 3.02. The van der Waals surface area contributed by atoms with Crippen LogP contribution in [0, 0.1) is 17.0 Å². The second-order valence-electron chi connectivity index (χ2n) is 4.06. The van der Waals surface area contributed by atoms with E-state index in [1.165, 1.54) is 24.6 Å². The molecule has 0 bridgehead atoms. The Kier molecular flexibility index (Phi) is 4.49. The van der Waals surface area contributed by atoms with Gasteiger partial charge in [-0.3, -0.25) is 14.9 Å². The normalized spacial score (nSPS) is 10.8. The van der Waals surface area contributed by atoms with E-state index in [1.54, 1.807) is 19.1 Å². The molecule has 0 radical (unpaired) electrons. The lowest BCUT2D eigenvalue weighted by molar-refractivity contribution is -0.385. The number of aryl methyl sites for hydroxylation is 1. The van der Waals surface area contributed by atoms with E-state index in [-0.39, 0.29) is 5.69 Å². The number of carbonyl (C=O) groups is 1. The van der Waals surface area contributed by atoms with Crippen LogP contribution in [0.3, 0.4) is 0 Å². The molecule has 0 saturated carbocycles. The molecule has 7 nitrogen and oxygen atoms in total. The van der Waals surface area contributed by atoms with Crippen molar-refractivity contribution in [3.05, 3.63) is 62.0 Å². The Labute approximate surface area is 127 Å². The van der Waals surface area contributed by atoms with Crippen molar-refractivity contribution in [1.29, 1.82) is 0 Å². The fourth-order valence-electron chi connectivity index (χ4n) is 1.60. The first-order valence-electron chi connectivity index (χ1n) is 5.80. The summed E-state index contributed by atoms with van der Waals surface area (Å²) in [5, 5.41) is 14.6. The van der Waals surface area contributed by atoms with Crippen molar-refractivity contribution in [3.8, 4) is 0 Å². The van der Waals surface area contributed by atoms with E-state index < -0.39 is 10.8 Å². The summed E-state index contributed by atoms with van der Waals surface area (Å²) in [6.07, 6.45) is 2.73. The molecule has 0 fully saturated rings. The topological polar surface area (TPSA) is 97.7 Å². The van der Waals surface area contributed by atoms with Gasteiger partial charge >= 0.3 is 0 Å². The summed E-state index contributed by atoms with van der Waals surface area (Å²) < 4.78 is 5.39. The number of nitrogens with one attached hydrogen (secondary N) is 1. The van der Waals surface area contributed by atoms with Crippen LogP contribution in [0.15, 0.2) is 44.5 Å². The van der Waals surface area contributed by atoms with E-state index in [4.69, 9.17) is 4.42 Å². The number of halogens is 1. The molecule has 0 saturated heterocycles. The highest BCUT2D eigenvalue weighted by Gasteiger charge is 2.12. The maximum absolute atomic E-state index is 11.7. The molecular weight excluding hydrogens is 342 g/mol. The van der Waals surface area contributed by atoms with E-state index in [2.05, 4.69) is 26.5 Å². The minimum Gasteiger partial charge on any atom is -0.469 e. The second kappa shape index (κ2) is 6.31. The fraction of sp³-hybridized carbons (Fsp3) is 0.0769. The average Bonchev–Trinajstić information content (AvgIpc) is 2.86. The Morgan fingerprint density at radius 3 is 2.86 bits per heavy atom. The van der Waals surface area contributed by atoms with Gasteiger partial charge in [-0.2, -0.15) is 5.10 Å². The molecule has 0 aliphatic heterocycles. The number of hydrazone groups is 1. The van der Waals surface area contributed by atoms with Gasteiger partial charge in [-0.25, -0.2) is 5.43 Å². The van der Waals surface area contributed by atoms with E-state index in [0.29, 0.717) is 21.4 Å². The van der Waals surface area contributed by atoms with Gasteiger partial charge in [0.1, 0.15) is 5.76 Å². The first-order valence-corrected chi connectivity index (χ1v) is 6.60. The van der Waals surface area contributed by atoms with Gasteiger partial charge in [-0.15, -0.1) is 0 Å². The largest absolute Gasteiger partial charge is 0.469 e. The van der Waals surface area contributed by atoms with Gasteiger partial charge in [0.25, 0.3) is 11.6 Å². The number of hydrogen-bond acceptors (Lipinski definition) is 5. The van der Waals surface area contributed by atoms with E-state index >= 15 is 0 Å². The van der Waals surface area contributed by atoms with Gasteiger partial charge in [0, 0.05) is 11.6 Å². The summed E-state index contributed by atoms with van der Waals surface area (Å²) in [6, 6.07) is 6.06. The summed E-state index contributed by atoms with van der Waals surface area (Å²) >= 11 is 3.09. The Bertz CT molecular complexity index is 724. The third kappa shape index (κ3) is 3.54. The SMILES string of the molecule is Cc1occc1C(=O)N/N=C\c1ccc(Br)c([N+](=O)[O-])c1. The number of rotatable bonds is 4. The molecular formula is C13H10BrN3O4. The molecule has 1 heterocycles. The monoisotopic (exact) mass is 351 g/mol. The van der Waals surface area contributed by atoms with Gasteiger partial charge < -0.3 is 4.42 Å². The number of nitrogens with zero attached hydrogens (tertiary/aromatic N) is 2. The van der Waals surface area contributed by atoms with E-state index in [0.717, 1.165) is 0 Å². The number of benzene rings is 1. The molecule has 1 aromatic carbocycles. The number of nitro groups is 1. The Hall–Kier alpha value is -2.48. The van der Waals surface area contributed by atoms with Crippen molar-refractivity contribution in [1.82, 2.24) is 5.43 Å². The minimum absolute atomic E-state index is 0.0732. The minimum atomic E-state index is -0.505. The Morgan fingerprint density at radius 2 is 2.24 bits per heavy atom. The van der Waals surface area contributed by atoms with Crippen LogP contribution in [0.1, 0.15) is 21.7 Å². The van der Waals surface area contributed by atoms with Crippen molar-refractivity contribution in [2.45, 2.75) is 6.92 Å². The zero-order chi connectivity index (χ0) is 15.4. The summed E-state index contributed by atoms with van der Waals surface area (Å²) in [7, 11) is 0. The lowest BCUT2D eigenvalue weighted by atomic mass is 10.2. The van der Waals surface area contributed by atoms with Crippen LogP contribution in [0.25, 0.3) is 0 Å². The second-order valence-corrected chi connectivity index (χ2v) is 4.91. The highest BCUT2D eigenvalue weighted by molar-refractivity contribution is 9.10. The van der Waals surface area contributed by atoms with Crippen molar-refractivity contribution < 1.29 is 14.1 Å². The molecule has 2 rings (SSSR count). The maximum atomic E-state index is 11.7. The highest BCUT2D eigenvalue weighted by atomic mass is 79.9. The molecule has 8 heteroatoms. The van der Waals surface area contributed by atoms with E-state index in [9.17, 15) is 14.9 Å². The highest BCUT2D eigenvalue weighted by Crippen LogP contribution is 2.24. The predicted molar refractivity (Wildman–Crippen MR) is 79.3 cm³/mol. The van der Waals surface area contributed by atoms with Crippen LogP contribution in [-0.4, -0.2) is 17.0 Å². The van der Waals surface area contributed by atoms with Gasteiger partial charge in [0.15, 0.2) is 0 Å². The summed E-state index contributed by atoms with van der Waals surface area (Å²) in [4.78, 5) is 22.0. The summed E-state index contributed by atoms with van der Waals surface area (Å²) in [5.74, 6) is 0.0751. The number of nitro benzene ring substituents is 1. The van der Waals surface area contributed by atoms with Crippen molar-refractivity contribution in [2.75, 3.05) is 0 Å². The zero-order valence-corrected chi connectivity index (χ0v) is 12.5. The van der Waals surface area contributed by atoms with Crippen LogP contribution < -0.4 is 5.43 Å². The fourth-order valence-corrected chi connectivity index (χ4v) is 1.99. The first-order chi connectivity index (χ1) is 9.99.